The third-order valence-corrected chi connectivity index (χ3v) is 5.55. The fraction of sp³-hybridized carbons (Fsp3) is 0.261. The van der Waals surface area contributed by atoms with Crippen LogP contribution in [-0.4, -0.2) is 59.9 Å². The van der Waals surface area contributed by atoms with Gasteiger partial charge in [0.25, 0.3) is 0 Å². The number of thioether (sulfide) groups is 1. The van der Waals surface area contributed by atoms with E-state index < -0.39 is 17.2 Å². The van der Waals surface area contributed by atoms with Crippen molar-refractivity contribution in [1.82, 2.24) is 5.32 Å². The number of hydrogen-bond acceptors (Lipinski definition) is 9. The van der Waals surface area contributed by atoms with E-state index in [1.165, 1.54) is 13.3 Å². The first-order valence-electron chi connectivity index (χ1n) is 10.3. The van der Waals surface area contributed by atoms with E-state index >= 15 is 0 Å². The van der Waals surface area contributed by atoms with Gasteiger partial charge in [0.2, 0.25) is 5.91 Å². The van der Waals surface area contributed by atoms with E-state index in [4.69, 9.17) is 14.6 Å². The highest BCUT2D eigenvalue weighted by atomic mass is 32.2. The van der Waals surface area contributed by atoms with Crippen molar-refractivity contribution >= 4 is 41.0 Å². The molecule has 1 fully saturated rings. The number of hydrogen-bond donors (Lipinski definition) is 2. The predicted octanol–water partition coefficient (Wildman–Crippen LogP) is 2.72. The maximum absolute atomic E-state index is 11.7. The second kappa shape index (κ2) is 12.4. The predicted molar refractivity (Wildman–Crippen MR) is 127 cm³/mol. The van der Waals surface area contributed by atoms with Crippen molar-refractivity contribution in [2.45, 2.75) is 18.1 Å². The number of carboxylic acids is 1. The van der Waals surface area contributed by atoms with E-state index in [2.05, 4.69) is 20.3 Å². The molecule has 0 aromatic heterocycles. The summed E-state index contributed by atoms with van der Waals surface area (Å²) in [5.74, 6) is -0.462. The van der Waals surface area contributed by atoms with Crippen LogP contribution in [0.2, 0.25) is 0 Å². The Morgan fingerprint density at radius 3 is 2.26 bits per heavy atom. The highest BCUT2D eigenvalue weighted by molar-refractivity contribution is 8.15. The molecule has 0 bridgehead atoms. The van der Waals surface area contributed by atoms with Gasteiger partial charge in [-0.2, -0.15) is 5.10 Å². The molecule has 3 rings (SSSR count). The standard InChI is InChI=1S/C23H23N3O7S/c1-31-22(30)16-5-9-18(10-6-16)33-12-2-11-32-17-7-3-15(4-8-17)14-24-26-23-25-21(29)19(34-23)13-20(27)28/h3-10,14,19H,2,11-13H2,1H3,(H,27,28)(H,25,26,29). The van der Waals surface area contributed by atoms with Crippen molar-refractivity contribution in [3.05, 3.63) is 59.7 Å². The molecule has 1 aliphatic heterocycles. The molecule has 2 aromatic carbocycles. The van der Waals surface area contributed by atoms with E-state index in [9.17, 15) is 14.4 Å². The summed E-state index contributed by atoms with van der Waals surface area (Å²) >= 11 is 1.04. The molecule has 0 aliphatic carbocycles. The van der Waals surface area contributed by atoms with E-state index in [-0.39, 0.29) is 17.5 Å². The van der Waals surface area contributed by atoms with Crippen LogP contribution in [-0.2, 0) is 14.3 Å². The average Bonchev–Trinajstić information content (AvgIpc) is 3.17. The Hall–Kier alpha value is -3.86. The smallest absolute Gasteiger partial charge is 0.337 e. The highest BCUT2D eigenvalue weighted by Gasteiger charge is 2.32. The molecule has 0 saturated carbocycles. The molecular formula is C23H23N3O7S. The molecule has 1 aliphatic rings. The quantitative estimate of drug-likeness (QED) is 0.215. The molecule has 10 nitrogen and oxygen atoms in total. The van der Waals surface area contributed by atoms with Crippen LogP contribution in [0.25, 0.3) is 0 Å². The van der Waals surface area contributed by atoms with Gasteiger partial charge in [0.15, 0.2) is 5.17 Å². The molecule has 1 atom stereocenters. The number of amides is 1. The zero-order chi connectivity index (χ0) is 24.3. The second-order valence-electron chi connectivity index (χ2n) is 6.98. The van der Waals surface area contributed by atoms with Crippen LogP contribution < -0.4 is 14.8 Å². The van der Waals surface area contributed by atoms with Gasteiger partial charge in [-0.3, -0.25) is 9.59 Å². The van der Waals surface area contributed by atoms with E-state index in [0.717, 1.165) is 17.3 Å². The van der Waals surface area contributed by atoms with Gasteiger partial charge in [0.1, 0.15) is 16.7 Å². The molecule has 2 aromatic rings. The van der Waals surface area contributed by atoms with Crippen LogP contribution in [0.1, 0.15) is 28.8 Å². The summed E-state index contributed by atoms with van der Waals surface area (Å²) in [7, 11) is 1.34. The number of nitrogens with one attached hydrogen (secondary N) is 1. The van der Waals surface area contributed by atoms with Crippen molar-refractivity contribution in [3.63, 3.8) is 0 Å². The zero-order valence-electron chi connectivity index (χ0n) is 18.3. The summed E-state index contributed by atoms with van der Waals surface area (Å²) in [4.78, 5) is 33.8. The van der Waals surface area contributed by atoms with Crippen LogP contribution in [0.3, 0.4) is 0 Å². The Morgan fingerprint density at radius 2 is 1.68 bits per heavy atom. The summed E-state index contributed by atoms with van der Waals surface area (Å²) in [6.07, 6.45) is 1.93. The molecule has 0 radical (unpaired) electrons. The van der Waals surface area contributed by atoms with Crippen LogP contribution in [0.15, 0.2) is 58.7 Å². The van der Waals surface area contributed by atoms with Crippen molar-refractivity contribution in [1.29, 1.82) is 0 Å². The third kappa shape index (κ3) is 7.62. The maximum Gasteiger partial charge on any atom is 0.337 e. The Morgan fingerprint density at radius 1 is 1.06 bits per heavy atom. The van der Waals surface area contributed by atoms with Crippen LogP contribution in [0.5, 0.6) is 11.5 Å². The molecule has 34 heavy (non-hydrogen) atoms. The van der Waals surface area contributed by atoms with Crippen LogP contribution in [0, 0.1) is 0 Å². The Labute approximate surface area is 200 Å². The van der Waals surface area contributed by atoms with Gasteiger partial charge in [0, 0.05) is 6.42 Å². The number of amidine groups is 1. The van der Waals surface area contributed by atoms with Gasteiger partial charge >= 0.3 is 11.9 Å². The van der Waals surface area contributed by atoms with Gasteiger partial charge in [-0.25, -0.2) is 4.79 Å². The molecule has 1 saturated heterocycles. The first-order valence-corrected chi connectivity index (χ1v) is 11.2. The monoisotopic (exact) mass is 485 g/mol. The minimum absolute atomic E-state index is 0.267. The largest absolute Gasteiger partial charge is 0.493 e. The molecule has 178 valence electrons. The summed E-state index contributed by atoms with van der Waals surface area (Å²) in [5.41, 5.74) is 1.25. The Balaban J connectivity index is 1.37. The molecule has 0 spiro atoms. The minimum atomic E-state index is -1.04. The van der Waals surface area contributed by atoms with Gasteiger partial charge < -0.3 is 24.6 Å². The van der Waals surface area contributed by atoms with Crippen LogP contribution in [0.4, 0.5) is 0 Å². The summed E-state index contributed by atoms with van der Waals surface area (Å²) < 4.78 is 16.0. The number of carbonyl (C=O) groups is 3. The Bertz CT molecular complexity index is 1070. The highest BCUT2D eigenvalue weighted by Crippen LogP contribution is 2.22. The average molecular weight is 486 g/mol. The van der Waals surface area contributed by atoms with Gasteiger partial charge in [0.05, 0.1) is 38.5 Å². The number of rotatable bonds is 11. The molecule has 1 unspecified atom stereocenters. The summed E-state index contributed by atoms with van der Waals surface area (Å²) in [6, 6.07) is 13.9. The maximum atomic E-state index is 11.7. The van der Waals surface area contributed by atoms with E-state index in [1.807, 2.05) is 12.1 Å². The summed E-state index contributed by atoms with van der Waals surface area (Å²) in [5, 5.41) is 18.7. The van der Waals surface area contributed by atoms with Gasteiger partial charge in [-0.05, 0) is 54.1 Å². The zero-order valence-corrected chi connectivity index (χ0v) is 19.1. The van der Waals surface area contributed by atoms with Crippen molar-refractivity contribution in [3.8, 4) is 11.5 Å². The SMILES string of the molecule is COC(=O)c1ccc(OCCCOc2ccc(C=NN=C3NC(=O)C(CC(=O)O)S3)cc2)cc1. The lowest BCUT2D eigenvalue weighted by molar-refractivity contribution is -0.138. The fourth-order valence-corrected chi connectivity index (χ4v) is 3.70. The number of carbonyl (C=O) groups excluding carboxylic acids is 2. The minimum Gasteiger partial charge on any atom is -0.493 e. The van der Waals surface area contributed by atoms with E-state index in [1.54, 1.807) is 36.4 Å². The van der Waals surface area contributed by atoms with Gasteiger partial charge in [-0.15, -0.1) is 5.10 Å². The lowest BCUT2D eigenvalue weighted by atomic mass is 10.2. The molecule has 2 N–H and O–H groups in total. The third-order valence-electron chi connectivity index (χ3n) is 4.47. The first kappa shape index (κ1) is 24.8. The van der Waals surface area contributed by atoms with E-state index in [0.29, 0.717) is 36.7 Å². The molecule has 11 heteroatoms. The topological polar surface area (TPSA) is 136 Å². The van der Waals surface area contributed by atoms with Crippen molar-refractivity contribution in [2.75, 3.05) is 20.3 Å². The number of methoxy groups -OCH3 is 1. The fourth-order valence-electron chi connectivity index (χ4n) is 2.79. The van der Waals surface area contributed by atoms with Gasteiger partial charge in [-0.1, -0.05) is 11.8 Å². The number of nitrogens with zero attached hydrogens (tertiary/aromatic N) is 2. The molecular weight excluding hydrogens is 462 g/mol. The lowest BCUT2D eigenvalue weighted by Crippen LogP contribution is -2.26. The number of carboxylic acid groups (broad SMARTS) is 1. The number of benzene rings is 2. The number of aliphatic carboxylic acids is 1. The molecule has 1 amide bonds. The first-order chi connectivity index (χ1) is 16.4. The van der Waals surface area contributed by atoms with Crippen molar-refractivity contribution in [2.24, 2.45) is 10.2 Å². The number of esters is 1. The lowest BCUT2D eigenvalue weighted by Gasteiger charge is -2.08. The number of ether oxygens (including phenoxy) is 3. The Kier molecular flexibility index (Phi) is 9.04. The van der Waals surface area contributed by atoms with Crippen LogP contribution >= 0.6 is 11.8 Å². The summed E-state index contributed by atoms with van der Waals surface area (Å²) in [6.45, 7) is 0.931. The normalized spacial score (nSPS) is 16.4. The van der Waals surface area contributed by atoms with Crippen molar-refractivity contribution < 1.29 is 33.7 Å². The second-order valence-corrected chi connectivity index (χ2v) is 8.17. The molecule has 1 heterocycles.